The summed E-state index contributed by atoms with van der Waals surface area (Å²) in [7, 11) is 0. The second kappa shape index (κ2) is 6.41. The highest BCUT2D eigenvalue weighted by Gasteiger charge is 2.27. The molecule has 0 saturated carbocycles. The number of thioether (sulfide) groups is 1. The number of halogens is 1. The maximum atomic E-state index is 12.3. The molecule has 4 nitrogen and oxygen atoms in total. The van der Waals surface area contributed by atoms with E-state index in [9.17, 15) is 4.79 Å². The van der Waals surface area contributed by atoms with Crippen LogP contribution in [0.2, 0.25) is 5.02 Å². The van der Waals surface area contributed by atoms with E-state index in [0.717, 1.165) is 26.2 Å². The Balaban J connectivity index is 1.54. The van der Waals surface area contributed by atoms with Gasteiger partial charge in [-0.2, -0.15) is 11.8 Å². The van der Waals surface area contributed by atoms with E-state index >= 15 is 0 Å². The number of hydrogen-bond acceptors (Lipinski definition) is 3. The van der Waals surface area contributed by atoms with Gasteiger partial charge in [0.1, 0.15) is 5.69 Å². The van der Waals surface area contributed by atoms with Crippen LogP contribution in [0.25, 0.3) is 0 Å². The molecule has 0 radical (unpaired) electrons. The molecule has 1 aromatic heterocycles. The smallest absolute Gasteiger partial charge is 0.270 e. The quantitative estimate of drug-likeness (QED) is 0.911. The topological polar surface area (TPSA) is 39.3 Å². The lowest BCUT2D eigenvalue weighted by Gasteiger charge is -2.40. The number of amides is 1. The minimum atomic E-state index is 0.0644. The van der Waals surface area contributed by atoms with Gasteiger partial charge >= 0.3 is 0 Å². The molecule has 3 rings (SSSR count). The summed E-state index contributed by atoms with van der Waals surface area (Å²) in [4.78, 5) is 19.7. The van der Waals surface area contributed by atoms with Crippen molar-refractivity contribution in [1.82, 2.24) is 14.8 Å². The van der Waals surface area contributed by atoms with Gasteiger partial charge in [0.2, 0.25) is 0 Å². The van der Waals surface area contributed by atoms with Crippen molar-refractivity contribution in [2.24, 2.45) is 0 Å². The van der Waals surface area contributed by atoms with E-state index in [2.05, 4.69) is 21.6 Å². The van der Waals surface area contributed by atoms with Crippen molar-refractivity contribution >= 4 is 29.3 Å². The molecule has 3 heterocycles. The minimum Gasteiger partial charge on any atom is -0.356 e. The summed E-state index contributed by atoms with van der Waals surface area (Å²) in [6.07, 6.45) is 4.30. The maximum Gasteiger partial charge on any atom is 0.270 e. The van der Waals surface area contributed by atoms with Crippen LogP contribution in [0.3, 0.4) is 0 Å². The maximum absolute atomic E-state index is 12.3. The highest BCUT2D eigenvalue weighted by molar-refractivity contribution is 7.99. The number of carbonyl (C=O) groups excluding carboxylic acids is 1. The summed E-state index contributed by atoms with van der Waals surface area (Å²) in [6.45, 7) is 3.62. The fourth-order valence-electron chi connectivity index (χ4n) is 2.96. The average Bonchev–Trinajstić information content (AvgIpc) is 2.94. The Morgan fingerprint density at radius 1 is 1.35 bits per heavy atom. The fraction of sp³-hybridized carbons (Fsp3) is 0.643. The number of carbonyl (C=O) groups is 1. The molecule has 0 spiro atoms. The van der Waals surface area contributed by atoms with Crippen LogP contribution >= 0.6 is 23.4 Å². The Morgan fingerprint density at radius 2 is 2.15 bits per heavy atom. The molecule has 1 N–H and O–H groups in total. The average molecular weight is 314 g/mol. The fourth-order valence-corrected chi connectivity index (χ4v) is 4.31. The molecule has 1 amide bonds. The van der Waals surface area contributed by atoms with Crippen molar-refractivity contribution in [3.63, 3.8) is 0 Å². The monoisotopic (exact) mass is 313 g/mol. The molecular weight excluding hydrogens is 294 g/mol. The molecular formula is C14H20ClN3OS. The van der Waals surface area contributed by atoms with E-state index in [1.807, 2.05) is 4.90 Å². The van der Waals surface area contributed by atoms with Crippen molar-refractivity contribution in [3.05, 3.63) is 23.0 Å². The highest BCUT2D eigenvalue weighted by atomic mass is 35.5. The van der Waals surface area contributed by atoms with Crippen LogP contribution in [0.5, 0.6) is 0 Å². The number of aromatic amines is 1. The lowest BCUT2D eigenvalue weighted by atomic mass is 10.1. The lowest BCUT2D eigenvalue weighted by molar-refractivity contribution is 0.0572. The summed E-state index contributed by atoms with van der Waals surface area (Å²) in [6, 6.07) is 2.42. The van der Waals surface area contributed by atoms with Crippen molar-refractivity contribution < 1.29 is 4.79 Å². The van der Waals surface area contributed by atoms with Gasteiger partial charge in [-0.3, -0.25) is 9.69 Å². The van der Waals surface area contributed by atoms with Crippen molar-refractivity contribution in [1.29, 1.82) is 0 Å². The number of aromatic nitrogens is 1. The first-order valence-corrected chi connectivity index (χ1v) is 8.72. The summed E-state index contributed by atoms with van der Waals surface area (Å²) >= 11 is 7.92. The van der Waals surface area contributed by atoms with E-state index in [4.69, 9.17) is 11.6 Å². The van der Waals surface area contributed by atoms with Gasteiger partial charge in [-0.15, -0.1) is 0 Å². The largest absolute Gasteiger partial charge is 0.356 e. The Hall–Kier alpha value is -0.650. The summed E-state index contributed by atoms with van der Waals surface area (Å²) in [5.41, 5.74) is 0.594. The van der Waals surface area contributed by atoms with Crippen molar-refractivity contribution in [2.75, 3.05) is 37.7 Å². The first-order chi connectivity index (χ1) is 9.74. The summed E-state index contributed by atoms with van der Waals surface area (Å²) in [5.74, 6) is 2.62. The molecule has 0 aliphatic carbocycles. The van der Waals surface area contributed by atoms with Crippen LogP contribution in [0.1, 0.15) is 23.3 Å². The molecule has 0 unspecified atom stereocenters. The molecule has 0 aromatic carbocycles. The number of H-pyrrole nitrogens is 1. The molecule has 20 heavy (non-hydrogen) atoms. The highest BCUT2D eigenvalue weighted by Crippen LogP contribution is 2.23. The van der Waals surface area contributed by atoms with Gasteiger partial charge in [0.15, 0.2) is 0 Å². The molecule has 2 fully saturated rings. The molecule has 6 heteroatoms. The van der Waals surface area contributed by atoms with Crippen LogP contribution < -0.4 is 0 Å². The van der Waals surface area contributed by atoms with Gasteiger partial charge in [-0.25, -0.2) is 0 Å². The zero-order chi connectivity index (χ0) is 13.9. The Bertz CT molecular complexity index is 465. The third-order valence-corrected chi connectivity index (χ3v) is 5.55. The van der Waals surface area contributed by atoms with Gasteiger partial charge in [0.25, 0.3) is 5.91 Å². The third-order valence-electron chi connectivity index (χ3n) is 4.13. The number of nitrogens with one attached hydrogen (secondary N) is 1. The normalized spacial score (nSPS) is 24.9. The minimum absolute atomic E-state index is 0.0644. The van der Waals surface area contributed by atoms with Crippen molar-refractivity contribution in [3.8, 4) is 0 Å². The van der Waals surface area contributed by atoms with E-state index in [-0.39, 0.29) is 5.91 Å². The predicted molar refractivity (Wildman–Crippen MR) is 83.6 cm³/mol. The van der Waals surface area contributed by atoms with E-state index in [1.165, 1.54) is 24.3 Å². The Kier molecular flexibility index (Phi) is 4.58. The van der Waals surface area contributed by atoms with Crippen LogP contribution in [0.15, 0.2) is 12.3 Å². The zero-order valence-electron chi connectivity index (χ0n) is 11.5. The molecule has 110 valence electrons. The van der Waals surface area contributed by atoms with Gasteiger partial charge < -0.3 is 9.88 Å². The number of piperazine rings is 1. The second-order valence-electron chi connectivity index (χ2n) is 5.43. The van der Waals surface area contributed by atoms with Crippen LogP contribution in [-0.2, 0) is 0 Å². The third kappa shape index (κ3) is 3.15. The van der Waals surface area contributed by atoms with Gasteiger partial charge in [-0.05, 0) is 24.7 Å². The first kappa shape index (κ1) is 14.3. The van der Waals surface area contributed by atoms with Gasteiger partial charge in [0.05, 0.1) is 5.02 Å². The number of hydrogen-bond donors (Lipinski definition) is 1. The zero-order valence-corrected chi connectivity index (χ0v) is 13.1. The van der Waals surface area contributed by atoms with Crippen molar-refractivity contribution in [2.45, 2.75) is 18.9 Å². The van der Waals surface area contributed by atoms with Crippen LogP contribution in [-0.4, -0.2) is 64.4 Å². The van der Waals surface area contributed by atoms with E-state index < -0.39 is 0 Å². The Morgan fingerprint density at radius 3 is 2.75 bits per heavy atom. The van der Waals surface area contributed by atoms with Crippen LogP contribution in [0, 0.1) is 0 Å². The SMILES string of the molecule is O=C(c1cc(Cl)c[nH]1)N1CCN([C@H]2CCCSC2)CC1. The lowest BCUT2D eigenvalue weighted by Crippen LogP contribution is -2.53. The predicted octanol–water partition coefficient (Wildman–Crippen LogP) is 2.32. The van der Waals surface area contributed by atoms with Crippen LogP contribution in [0.4, 0.5) is 0 Å². The van der Waals surface area contributed by atoms with Gasteiger partial charge in [-0.1, -0.05) is 11.6 Å². The number of nitrogens with zero attached hydrogens (tertiary/aromatic N) is 2. The van der Waals surface area contributed by atoms with E-state index in [1.54, 1.807) is 12.3 Å². The Labute approximate surface area is 128 Å². The van der Waals surface area contributed by atoms with Gasteiger partial charge in [0, 0.05) is 44.2 Å². The standard InChI is InChI=1S/C14H20ClN3OS/c15-11-8-13(16-9-11)14(19)18-5-3-17(4-6-18)12-2-1-7-20-10-12/h8-9,12,16H,1-7,10H2/t12-/m0/s1. The molecule has 2 saturated heterocycles. The summed E-state index contributed by atoms with van der Waals surface area (Å²) in [5, 5.41) is 0.589. The number of rotatable bonds is 2. The molecule has 0 bridgehead atoms. The molecule has 1 atom stereocenters. The molecule has 2 aliphatic heterocycles. The summed E-state index contributed by atoms with van der Waals surface area (Å²) < 4.78 is 0. The second-order valence-corrected chi connectivity index (χ2v) is 7.02. The first-order valence-electron chi connectivity index (χ1n) is 7.19. The molecule has 2 aliphatic rings. The molecule has 1 aromatic rings. The van der Waals surface area contributed by atoms with E-state index in [0.29, 0.717) is 16.8 Å².